The molecule has 5 heteroatoms. The van der Waals surface area contributed by atoms with Crippen molar-refractivity contribution in [3.63, 3.8) is 0 Å². The van der Waals surface area contributed by atoms with Gasteiger partial charge in [0.15, 0.2) is 0 Å². The lowest BCUT2D eigenvalue weighted by Gasteiger charge is -2.43. The van der Waals surface area contributed by atoms with Crippen LogP contribution in [0.2, 0.25) is 0 Å². The van der Waals surface area contributed by atoms with Gasteiger partial charge in [-0.2, -0.15) is 0 Å². The molecule has 2 unspecified atom stereocenters. The van der Waals surface area contributed by atoms with Crippen molar-refractivity contribution in [2.45, 2.75) is 65.6 Å². The largest absolute Gasteiger partial charge is 0.379 e. The highest BCUT2D eigenvalue weighted by atomic mass is 16.5. The van der Waals surface area contributed by atoms with E-state index in [-0.39, 0.29) is 22.8 Å². The zero-order valence-electron chi connectivity index (χ0n) is 13.7. The Bertz CT molecular complexity index is 385. The molecule has 1 saturated heterocycles. The van der Waals surface area contributed by atoms with Crippen molar-refractivity contribution in [2.24, 2.45) is 5.41 Å². The molecule has 0 bridgehead atoms. The summed E-state index contributed by atoms with van der Waals surface area (Å²) in [5.74, 6) is -0.0868. The average molecular weight is 284 g/mol. The Morgan fingerprint density at radius 1 is 1.20 bits per heavy atom. The number of amides is 2. The molecule has 1 fully saturated rings. The minimum Gasteiger partial charge on any atom is -0.379 e. The first-order chi connectivity index (χ1) is 8.99. The molecular formula is C15H28N2O3. The van der Waals surface area contributed by atoms with Crippen LogP contribution in [0.1, 0.15) is 48.0 Å². The third kappa shape index (κ3) is 3.72. The first-order valence-corrected chi connectivity index (χ1v) is 7.15. The van der Waals surface area contributed by atoms with Gasteiger partial charge in [0.25, 0.3) is 0 Å². The Morgan fingerprint density at radius 3 is 2.20 bits per heavy atom. The molecule has 2 atom stereocenters. The maximum absolute atomic E-state index is 12.6. The van der Waals surface area contributed by atoms with Crippen molar-refractivity contribution in [3.05, 3.63) is 0 Å². The van der Waals surface area contributed by atoms with Gasteiger partial charge in [0.1, 0.15) is 12.1 Å². The lowest BCUT2D eigenvalue weighted by molar-refractivity contribution is -0.152. The van der Waals surface area contributed by atoms with Gasteiger partial charge >= 0.3 is 0 Å². The summed E-state index contributed by atoms with van der Waals surface area (Å²) in [6, 6.07) is -0.884. The van der Waals surface area contributed by atoms with Crippen LogP contribution in [-0.4, -0.2) is 48.1 Å². The van der Waals surface area contributed by atoms with Crippen molar-refractivity contribution in [3.8, 4) is 0 Å². The van der Waals surface area contributed by atoms with Gasteiger partial charge in [-0.05, 0) is 32.6 Å². The van der Waals surface area contributed by atoms with Gasteiger partial charge in [-0.15, -0.1) is 0 Å². The Labute approximate surface area is 122 Å². The number of piperazine rings is 1. The maximum Gasteiger partial charge on any atom is 0.246 e. The summed E-state index contributed by atoms with van der Waals surface area (Å²) in [4.78, 5) is 26.3. The van der Waals surface area contributed by atoms with E-state index in [1.165, 1.54) is 0 Å². The van der Waals surface area contributed by atoms with Crippen LogP contribution in [0, 0.1) is 5.41 Å². The van der Waals surface area contributed by atoms with Gasteiger partial charge < -0.3 is 15.0 Å². The number of nitrogens with zero attached hydrogens (tertiary/aromatic N) is 1. The van der Waals surface area contributed by atoms with Gasteiger partial charge in [-0.1, -0.05) is 20.8 Å². The molecule has 1 rings (SSSR count). The van der Waals surface area contributed by atoms with Gasteiger partial charge in [0, 0.05) is 13.7 Å². The molecule has 2 amide bonds. The number of methoxy groups -OCH3 is 1. The quantitative estimate of drug-likeness (QED) is 0.852. The van der Waals surface area contributed by atoms with Crippen LogP contribution in [-0.2, 0) is 14.3 Å². The second-order valence-electron chi connectivity index (χ2n) is 7.23. The summed E-state index contributed by atoms with van der Waals surface area (Å²) in [6.07, 6.45) is 0.698. The lowest BCUT2D eigenvalue weighted by atomic mass is 9.84. The van der Waals surface area contributed by atoms with Gasteiger partial charge in [0.2, 0.25) is 11.8 Å². The van der Waals surface area contributed by atoms with Crippen molar-refractivity contribution >= 4 is 11.8 Å². The molecule has 0 aromatic heterocycles. The highest BCUT2D eigenvalue weighted by molar-refractivity contribution is 5.97. The molecule has 0 aromatic carbocycles. The van der Waals surface area contributed by atoms with E-state index < -0.39 is 12.1 Å². The third-order valence-electron chi connectivity index (χ3n) is 4.04. The van der Waals surface area contributed by atoms with Crippen molar-refractivity contribution in [1.82, 2.24) is 10.2 Å². The fourth-order valence-electron chi connectivity index (χ4n) is 2.21. The fourth-order valence-corrected chi connectivity index (χ4v) is 2.21. The summed E-state index contributed by atoms with van der Waals surface area (Å²) in [5, 5.41) is 2.84. The SMILES string of the molecule is COC(C)(C)CCN1C(=O)C(C(C)(C)C)NC(=O)C1C. The summed E-state index contributed by atoms with van der Waals surface area (Å²) >= 11 is 0. The lowest BCUT2D eigenvalue weighted by Crippen LogP contribution is -2.66. The summed E-state index contributed by atoms with van der Waals surface area (Å²) in [6.45, 7) is 12.1. The van der Waals surface area contributed by atoms with Crippen molar-refractivity contribution < 1.29 is 14.3 Å². The van der Waals surface area contributed by atoms with E-state index >= 15 is 0 Å². The Balaban J connectivity index is 2.86. The molecule has 20 heavy (non-hydrogen) atoms. The minimum atomic E-state index is -0.461. The molecule has 1 aliphatic rings. The number of nitrogens with one attached hydrogen (secondary N) is 1. The second kappa shape index (κ2) is 5.72. The fraction of sp³-hybridized carbons (Fsp3) is 0.867. The molecule has 5 nitrogen and oxygen atoms in total. The van der Waals surface area contributed by atoms with E-state index in [1.54, 1.807) is 18.9 Å². The van der Waals surface area contributed by atoms with Crippen LogP contribution < -0.4 is 5.32 Å². The molecule has 1 aliphatic heterocycles. The maximum atomic E-state index is 12.6. The highest BCUT2D eigenvalue weighted by Crippen LogP contribution is 2.26. The minimum absolute atomic E-state index is 0.00324. The molecule has 0 spiro atoms. The van der Waals surface area contributed by atoms with E-state index in [9.17, 15) is 9.59 Å². The zero-order chi connectivity index (χ0) is 15.7. The smallest absolute Gasteiger partial charge is 0.246 e. The van der Waals surface area contributed by atoms with Gasteiger partial charge in [-0.25, -0.2) is 0 Å². The normalized spacial score (nSPS) is 24.9. The number of carbonyl (C=O) groups excluding carboxylic acids is 2. The Hall–Kier alpha value is -1.10. The number of ether oxygens (including phenoxy) is 1. The van der Waals surface area contributed by atoms with Crippen LogP contribution >= 0.6 is 0 Å². The highest BCUT2D eigenvalue weighted by Gasteiger charge is 2.43. The Kier molecular flexibility index (Phi) is 4.85. The van der Waals surface area contributed by atoms with Gasteiger partial charge in [0.05, 0.1) is 5.60 Å². The van der Waals surface area contributed by atoms with Crippen molar-refractivity contribution in [1.29, 1.82) is 0 Å². The first-order valence-electron chi connectivity index (χ1n) is 7.15. The number of carbonyl (C=O) groups is 2. The van der Waals surface area contributed by atoms with E-state index in [1.807, 2.05) is 34.6 Å². The number of hydrogen-bond donors (Lipinski definition) is 1. The first kappa shape index (κ1) is 17.0. The Morgan fingerprint density at radius 2 is 1.75 bits per heavy atom. The molecule has 0 aromatic rings. The van der Waals surface area contributed by atoms with E-state index in [0.717, 1.165) is 0 Å². The van der Waals surface area contributed by atoms with E-state index in [0.29, 0.717) is 13.0 Å². The topological polar surface area (TPSA) is 58.6 Å². The monoisotopic (exact) mass is 284 g/mol. The number of rotatable bonds is 4. The second-order valence-corrected chi connectivity index (χ2v) is 7.23. The van der Waals surface area contributed by atoms with E-state index in [4.69, 9.17) is 4.74 Å². The predicted molar refractivity (Wildman–Crippen MR) is 78.3 cm³/mol. The molecule has 0 aliphatic carbocycles. The molecule has 1 heterocycles. The van der Waals surface area contributed by atoms with Crippen molar-refractivity contribution in [2.75, 3.05) is 13.7 Å². The summed E-state index contributed by atoms with van der Waals surface area (Å²) in [7, 11) is 1.66. The van der Waals surface area contributed by atoms with Crippen LogP contribution in [0.25, 0.3) is 0 Å². The van der Waals surface area contributed by atoms with E-state index in [2.05, 4.69) is 5.32 Å². The third-order valence-corrected chi connectivity index (χ3v) is 4.04. The van der Waals surface area contributed by atoms with Crippen LogP contribution in [0.3, 0.4) is 0 Å². The zero-order valence-corrected chi connectivity index (χ0v) is 13.7. The molecule has 0 saturated carbocycles. The predicted octanol–water partition coefficient (Wildman–Crippen LogP) is 1.56. The van der Waals surface area contributed by atoms with Crippen LogP contribution in [0.15, 0.2) is 0 Å². The molecule has 116 valence electrons. The van der Waals surface area contributed by atoms with Gasteiger partial charge in [-0.3, -0.25) is 9.59 Å². The average Bonchev–Trinajstić information content (AvgIpc) is 2.32. The number of hydrogen-bond acceptors (Lipinski definition) is 3. The molecule has 1 N–H and O–H groups in total. The standard InChI is InChI=1S/C15H28N2O3/c1-10-12(18)16-11(14(2,3)4)13(19)17(10)9-8-15(5,6)20-7/h10-11H,8-9H2,1-7H3,(H,16,18). The molecule has 0 radical (unpaired) electrons. The van der Waals surface area contributed by atoms with Crippen LogP contribution in [0.5, 0.6) is 0 Å². The summed E-state index contributed by atoms with van der Waals surface area (Å²) < 4.78 is 5.38. The summed E-state index contributed by atoms with van der Waals surface area (Å²) in [5.41, 5.74) is -0.590. The van der Waals surface area contributed by atoms with Crippen LogP contribution in [0.4, 0.5) is 0 Å². The molecular weight excluding hydrogens is 256 g/mol.